The van der Waals surface area contributed by atoms with Gasteiger partial charge in [-0.25, -0.2) is 9.37 Å². The number of rotatable bonds is 8. The number of halogens is 6. The van der Waals surface area contributed by atoms with Crippen molar-refractivity contribution in [1.29, 1.82) is 0 Å². The number of piperazine rings is 1. The fraction of sp³-hybridized carbons (Fsp3) is 0.357. The fourth-order valence-corrected chi connectivity index (χ4v) is 5.18. The molecule has 2 heterocycles. The number of anilines is 1. The van der Waals surface area contributed by atoms with Crippen LogP contribution in [0.4, 0.5) is 23.2 Å². The summed E-state index contributed by atoms with van der Waals surface area (Å²) < 4.78 is 67.0. The van der Waals surface area contributed by atoms with Crippen LogP contribution in [0.1, 0.15) is 40.1 Å². The first-order chi connectivity index (χ1) is 19.4. The van der Waals surface area contributed by atoms with E-state index in [1.165, 1.54) is 37.6 Å². The topological polar surface area (TPSA) is 66.9 Å². The van der Waals surface area contributed by atoms with E-state index in [2.05, 4.69) is 15.2 Å². The van der Waals surface area contributed by atoms with Crippen LogP contribution in [0.25, 0.3) is 0 Å². The maximum absolute atomic E-state index is 14.0. The predicted molar refractivity (Wildman–Crippen MR) is 148 cm³/mol. The Kier molecular flexibility index (Phi) is 9.63. The number of hydrogen-bond donors (Lipinski definition) is 1. The van der Waals surface area contributed by atoms with E-state index in [1.54, 1.807) is 6.92 Å². The number of ether oxygens (including phenoxy) is 2. The summed E-state index contributed by atoms with van der Waals surface area (Å²) >= 11 is 12.3. The lowest BCUT2D eigenvalue weighted by molar-refractivity contribution is -0.138. The summed E-state index contributed by atoms with van der Waals surface area (Å²) in [7, 11) is 3.27. The molecule has 1 atom stereocenters. The van der Waals surface area contributed by atoms with Crippen molar-refractivity contribution in [2.24, 2.45) is 0 Å². The zero-order valence-electron chi connectivity index (χ0n) is 22.5. The Bertz CT molecular complexity index is 1420. The first-order valence-electron chi connectivity index (χ1n) is 12.6. The summed E-state index contributed by atoms with van der Waals surface area (Å²) in [4.78, 5) is 21.3. The van der Waals surface area contributed by atoms with Crippen LogP contribution < -0.4 is 14.8 Å². The van der Waals surface area contributed by atoms with Gasteiger partial charge in [0.15, 0.2) is 0 Å². The van der Waals surface area contributed by atoms with Gasteiger partial charge in [0.05, 0.1) is 23.9 Å². The fourth-order valence-electron chi connectivity index (χ4n) is 4.50. The lowest BCUT2D eigenvalue weighted by Crippen LogP contribution is -2.44. The van der Waals surface area contributed by atoms with Gasteiger partial charge < -0.3 is 19.7 Å². The van der Waals surface area contributed by atoms with Crippen molar-refractivity contribution in [2.45, 2.75) is 25.7 Å². The second kappa shape index (κ2) is 12.8. The number of carbonyl (C=O) groups excluding carboxylic acids is 1. The lowest BCUT2D eigenvalue weighted by atomic mass is 10.0. The molecule has 0 aliphatic carbocycles. The quantitative estimate of drug-likeness (QED) is 0.225. The van der Waals surface area contributed by atoms with Crippen LogP contribution in [0.15, 0.2) is 42.6 Å². The molecule has 1 aliphatic heterocycles. The summed E-state index contributed by atoms with van der Waals surface area (Å²) in [5.41, 5.74) is -0.646. The summed E-state index contributed by atoms with van der Waals surface area (Å²) in [5, 5.41) is 2.47. The molecule has 2 aromatic carbocycles. The van der Waals surface area contributed by atoms with E-state index in [1.807, 2.05) is 11.9 Å². The smallest absolute Gasteiger partial charge is 0.416 e. The summed E-state index contributed by atoms with van der Waals surface area (Å²) in [6.45, 7) is 4.59. The molecule has 1 N–H and O–H groups in total. The highest BCUT2D eigenvalue weighted by atomic mass is 35.5. The van der Waals surface area contributed by atoms with Crippen molar-refractivity contribution in [2.75, 3.05) is 45.7 Å². The van der Waals surface area contributed by atoms with Gasteiger partial charge in [0.1, 0.15) is 23.2 Å². The summed E-state index contributed by atoms with van der Waals surface area (Å²) in [6, 6.07) is 7.50. The van der Waals surface area contributed by atoms with Crippen molar-refractivity contribution in [3.8, 4) is 11.6 Å². The molecule has 1 amide bonds. The average molecular weight is 615 g/mol. The summed E-state index contributed by atoms with van der Waals surface area (Å²) in [5.74, 6) is -1.43. The van der Waals surface area contributed by atoms with Gasteiger partial charge in [-0.2, -0.15) is 13.2 Å². The third-order valence-electron chi connectivity index (χ3n) is 6.73. The van der Waals surface area contributed by atoms with Crippen LogP contribution in [0, 0.1) is 5.82 Å². The first-order valence-corrected chi connectivity index (χ1v) is 13.4. The number of methoxy groups -OCH3 is 1. The Morgan fingerprint density at radius 1 is 1.12 bits per heavy atom. The number of alkyl halides is 3. The van der Waals surface area contributed by atoms with Gasteiger partial charge in [-0.15, -0.1) is 0 Å². The minimum Gasteiger partial charge on any atom is -0.484 e. The first kappa shape index (κ1) is 30.8. The number of carbonyl (C=O) groups is 1. The third-order valence-corrected chi connectivity index (χ3v) is 7.44. The molecule has 0 saturated carbocycles. The maximum atomic E-state index is 14.0. The van der Waals surface area contributed by atoms with E-state index in [0.717, 1.165) is 25.2 Å². The molecule has 220 valence electrons. The molecule has 0 bridgehead atoms. The highest BCUT2D eigenvalue weighted by Crippen LogP contribution is 2.37. The van der Waals surface area contributed by atoms with Crippen LogP contribution in [0.5, 0.6) is 11.6 Å². The SMILES string of the molecule is COc1ncc(O[C@H](C)c2c(Cl)ccc(F)c2Cl)cc1C(=O)Nc1ccc(CN2CCN(C)CC2)c(C(F)(F)F)c1. The molecule has 0 unspecified atom stereocenters. The Morgan fingerprint density at radius 3 is 2.49 bits per heavy atom. The van der Waals surface area contributed by atoms with E-state index in [-0.39, 0.29) is 50.6 Å². The van der Waals surface area contributed by atoms with Gasteiger partial charge >= 0.3 is 6.18 Å². The van der Waals surface area contributed by atoms with Crippen molar-refractivity contribution in [1.82, 2.24) is 14.8 Å². The average Bonchev–Trinajstić information content (AvgIpc) is 2.92. The second-order valence-corrected chi connectivity index (χ2v) is 10.4. The van der Waals surface area contributed by atoms with E-state index < -0.39 is 29.6 Å². The summed E-state index contributed by atoms with van der Waals surface area (Å²) in [6.07, 6.45) is -4.17. The Hall–Kier alpha value is -3.12. The number of hydrogen-bond acceptors (Lipinski definition) is 6. The van der Waals surface area contributed by atoms with E-state index in [4.69, 9.17) is 32.7 Å². The molecule has 7 nitrogen and oxygen atoms in total. The van der Waals surface area contributed by atoms with Gasteiger partial charge in [0, 0.05) is 49.0 Å². The largest absolute Gasteiger partial charge is 0.484 e. The zero-order valence-corrected chi connectivity index (χ0v) is 24.0. The van der Waals surface area contributed by atoms with Gasteiger partial charge in [-0.3, -0.25) is 9.69 Å². The molecule has 4 rings (SSSR count). The molecule has 41 heavy (non-hydrogen) atoms. The Morgan fingerprint density at radius 2 is 1.83 bits per heavy atom. The molecule has 0 radical (unpaired) electrons. The van der Waals surface area contributed by atoms with Crippen LogP contribution in [0.3, 0.4) is 0 Å². The normalized spacial score (nSPS) is 15.4. The number of aromatic nitrogens is 1. The molecule has 1 aliphatic rings. The van der Waals surface area contributed by atoms with Crippen molar-refractivity contribution in [3.05, 3.63) is 80.7 Å². The lowest BCUT2D eigenvalue weighted by Gasteiger charge is -2.33. The second-order valence-electron chi connectivity index (χ2n) is 9.65. The number of amides is 1. The highest BCUT2D eigenvalue weighted by Gasteiger charge is 2.34. The molecular formula is C28H28Cl2F4N4O3. The Balaban J connectivity index is 1.56. The number of nitrogens with zero attached hydrogens (tertiary/aromatic N) is 3. The zero-order chi connectivity index (χ0) is 29.9. The van der Waals surface area contributed by atoms with Crippen LogP contribution in [0.2, 0.25) is 10.0 Å². The van der Waals surface area contributed by atoms with Gasteiger partial charge in [-0.1, -0.05) is 29.3 Å². The molecule has 1 fully saturated rings. The van der Waals surface area contributed by atoms with Crippen molar-refractivity contribution < 1.29 is 31.8 Å². The minimum atomic E-state index is -4.62. The van der Waals surface area contributed by atoms with Crippen molar-refractivity contribution in [3.63, 3.8) is 0 Å². The molecule has 1 saturated heterocycles. The van der Waals surface area contributed by atoms with Crippen LogP contribution in [-0.4, -0.2) is 61.0 Å². The van der Waals surface area contributed by atoms with Gasteiger partial charge in [-0.05, 0) is 49.9 Å². The third kappa shape index (κ3) is 7.40. The number of benzene rings is 2. The van der Waals surface area contributed by atoms with Crippen LogP contribution in [-0.2, 0) is 12.7 Å². The standard InChI is InChI=1S/C28H28Cl2F4N4O3/c1-16(24-22(29)6-7-23(31)25(24)30)41-19-13-20(27(40-3)35-14-19)26(39)36-18-5-4-17(21(12-18)28(32,33)34)15-38-10-8-37(2)9-11-38/h4-7,12-14,16H,8-11,15H2,1-3H3,(H,36,39)/t16-/m1/s1. The highest BCUT2D eigenvalue weighted by molar-refractivity contribution is 6.36. The maximum Gasteiger partial charge on any atom is 0.416 e. The predicted octanol–water partition coefficient (Wildman–Crippen LogP) is 6.69. The molecular weight excluding hydrogens is 587 g/mol. The van der Waals surface area contributed by atoms with Crippen molar-refractivity contribution >= 4 is 34.8 Å². The monoisotopic (exact) mass is 614 g/mol. The van der Waals surface area contributed by atoms with E-state index in [0.29, 0.717) is 13.1 Å². The Labute approximate surface area is 245 Å². The van der Waals surface area contributed by atoms with Crippen LogP contribution >= 0.6 is 23.2 Å². The number of likely N-dealkylation sites (N-methyl/N-ethyl adjacent to an activating group) is 1. The number of nitrogens with one attached hydrogen (secondary N) is 1. The van der Waals surface area contributed by atoms with Gasteiger partial charge in [0.25, 0.3) is 5.91 Å². The van der Waals surface area contributed by atoms with Gasteiger partial charge in [0.2, 0.25) is 5.88 Å². The minimum absolute atomic E-state index is 0.0514. The van der Waals surface area contributed by atoms with E-state index >= 15 is 0 Å². The molecule has 3 aromatic rings. The molecule has 0 spiro atoms. The van der Waals surface area contributed by atoms with E-state index in [9.17, 15) is 22.4 Å². The molecule has 13 heteroatoms. The number of pyridine rings is 1. The molecule has 1 aromatic heterocycles.